The van der Waals surface area contributed by atoms with Crippen molar-refractivity contribution in [1.29, 1.82) is 0 Å². The Morgan fingerprint density at radius 3 is 2.72 bits per heavy atom. The lowest BCUT2D eigenvalue weighted by molar-refractivity contribution is -0.142. The average molecular weight is 420 g/mol. The van der Waals surface area contributed by atoms with Gasteiger partial charge < -0.3 is 4.74 Å². The minimum atomic E-state index is -0.410. The van der Waals surface area contributed by atoms with Crippen molar-refractivity contribution < 1.29 is 14.3 Å². The van der Waals surface area contributed by atoms with Gasteiger partial charge in [0.1, 0.15) is 5.25 Å². The second kappa shape index (κ2) is 9.38. The zero-order valence-corrected chi connectivity index (χ0v) is 16.6. The fraction of sp³-hybridized carbons (Fsp3) is 0.333. The number of benzene rings is 1. The highest BCUT2D eigenvalue weighted by Gasteiger charge is 2.22. The van der Waals surface area contributed by atoms with E-state index in [1.807, 2.05) is 6.92 Å². The summed E-state index contributed by atoms with van der Waals surface area (Å²) in [5, 5.41) is 11.2. The number of hydrogen-bond donors (Lipinski definition) is 1. The highest BCUT2D eigenvalue weighted by molar-refractivity contribution is 8.02. The fourth-order valence-corrected chi connectivity index (χ4v) is 4.21. The largest absolute Gasteiger partial charge is 0.465 e. The molecule has 0 spiro atoms. The number of thioether (sulfide) groups is 1. The van der Waals surface area contributed by atoms with Crippen molar-refractivity contribution in [1.82, 2.24) is 10.2 Å². The first kappa shape index (κ1) is 20.0. The second-order valence-corrected chi connectivity index (χ2v) is 7.99. The van der Waals surface area contributed by atoms with E-state index in [1.165, 1.54) is 35.2 Å². The number of nitrogens with zero attached hydrogens (tertiary/aromatic N) is 2. The van der Waals surface area contributed by atoms with Crippen LogP contribution in [-0.2, 0) is 9.53 Å². The van der Waals surface area contributed by atoms with Crippen LogP contribution in [0.2, 0.25) is 10.0 Å². The Labute approximate surface area is 163 Å². The zero-order chi connectivity index (χ0) is 18.4. The molecule has 0 bridgehead atoms. The Morgan fingerprint density at radius 2 is 2.08 bits per heavy atom. The van der Waals surface area contributed by atoms with Gasteiger partial charge in [-0.15, -0.1) is 10.2 Å². The highest BCUT2D eigenvalue weighted by Crippen LogP contribution is 2.31. The third kappa shape index (κ3) is 5.57. The topological polar surface area (TPSA) is 81.2 Å². The number of rotatable bonds is 7. The Balaban J connectivity index is 2.03. The molecule has 1 amide bonds. The maximum atomic E-state index is 12.2. The van der Waals surface area contributed by atoms with Crippen LogP contribution in [0.4, 0.5) is 5.13 Å². The van der Waals surface area contributed by atoms with E-state index in [4.69, 9.17) is 27.9 Å². The van der Waals surface area contributed by atoms with Crippen LogP contribution >= 0.6 is 46.3 Å². The number of amides is 1. The summed E-state index contributed by atoms with van der Waals surface area (Å²) in [5.74, 6) is -0.699. The predicted molar refractivity (Wildman–Crippen MR) is 101 cm³/mol. The van der Waals surface area contributed by atoms with Crippen LogP contribution in [0.3, 0.4) is 0 Å². The minimum Gasteiger partial charge on any atom is -0.465 e. The zero-order valence-electron chi connectivity index (χ0n) is 13.4. The van der Waals surface area contributed by atoms with Gasteiger partial charge in [-0.25, -0.2) is 0 Å². The molecule has 10 heteroatoms. The summed E-state index contributed by atoms with van der Waals surface area (Å²) in [4.78, 5) is 24.1. The number of nitrogens with one attached hydrogen (secondary N) is 1. The molecule has 1 N–H and O–H groups in total. The van der Waals surface area contributed by atoms with Crippen molar-refractivity contribution >= 4 is 63.3 Å². The van der Waals surface area contributed by atoms with Crippen molar-refractivity contribution in [3.8, 4) is 0 Å². The normalized spacial score (nSPS) is 11.8. The molecule has 1 unspecified atom stereocenters. The van der Waals surface area contributed by atoms with Gasteiger partial charge in [-0.1, -0.05) is 53.2 Å². The summed E-state index contributed by atoms with van der Waals surface area (Å²) >= 11 is 14.3. The van der Waals surface area contributed by atoms with Crippen LogP contribution in [-0.4, -0.2) is 33.9 Å². The molecule has 0 aliphatic rings. The van der Waals surface area contributed by atoms with Crippen LogP contribution in [0, 0.1) is 0 Å². The van der Waals surface area contributed by atoms with Gasteiger partial charge in [0.25, 0.3) is 5.91 Å². The number of carbonyl (C=O) groups excluding carboxylic acids is 2. The Hall–Kier alpha value is -1.35. The van der Waals surface area contributed by atoms with Gasteiger partial charge in [-0.05, 0) is 31.5 Å². The molecule has 0 saturated heterocycles. The molecule has 134 valence electrons. The van der Waals surface area contributed by atoms with Crippen LogP contribution in [0.1, 0.15) is 30.6 Å². The first-order valence-electron chi connectivity index (χ1n) is 7.37. The molecule has 2 rings (SSSR count). The molecule has 0 aliphatic heterocycles. The summed E-state index contributed by atoms with van der Waals surface area (Å²) in [6.07, 6.45) is 0.602. The predicted octanol–water partition coefficient (Wildman–Crippen LogP) is 4.53. The number of aromatic nitrogens is 2. The van der Waals surface area contributed by atoms with E-state index in [-0.39, 0.29) is 21.8 Å². The third-order valence-electron chi connectivity index (χ3n) is 2.97. The summed E-state index contributed by atoms with van der Waals surface area (Å²) in [5.41, 5.74) is 0.286. The number of hydrogen-bond acceptors (Lipinski definition) is 7. The van der Waals surface area contributed by atoms with Crippen molar-refractivity contribution in [2.45, 2.75) is 29.9 Å². The first-order valence-corrected chi connectivity index (χ1v) is 9.83. The van der Waals surface area contributed by atoms with Crippen molar-refractivity contribution in [2.24, 2.45) is 0 Å². The quantitative estimate of drug-likeness (QED) is 0.403. The van der Waals surface area contributed by atoms with Gasteiger partial charge in [0, 0.05) is 5.02 Å². The monoisotopic (exact) mass is 419 g/mol. The number of esters is 1. The summed E-state index contributed by atoms with van der Waals surface area (Å²) in [6, 6.07) is 4.60. The maximum Gasteiger partial charge on any atom is 0.319 e. The molecular weight excluding hydrogens is 405 g/mol. The van der Waals surface area contributed by atoms with Gasteiger partial charge in [0.05, 0.1) is 17.2 Å². The molecule has 1 aromatic carbocycles. The SMILES string of the molecule is CCOC(=O)C(CC)Sc1nnc(NC(=O)c2ccc(Cl)cc2Cl)s1. The van der Waals surface area contributed by atoms with Crippen molar-refractivity contribution in [2.75, 3.05) is 11.9 Å². The van der Waals surface area contributed by atoms with Gasteiger partial charge in [-0.2, -0.15) is 0 Å². The van der Waals surface area contributed by atoms with Crippen LogP contribution < -0.4 is 5.32 Å². The van der Waals surface area contributed by atoms with Crippen LogP contribution in [0.15, 0.2) is 22.5 Å². The molecule has 1 heterocycles. The van der Waals surface area contributed by atoms with E-state index >= 15 is 0 Å². The third-order valence-corrected chi connectivity index (χ3v) is 5.78. The molecule has 0 aliphatic carbocycles. The van der Waals surface area contributed by atoms with E-state index in [0.717, 1.165) is 0 Å². The van der Waals surface area contributed by atoms with E-state index in [1.54, 1.807) is 13.0 Å². The number of halogens is 2. The molecule has 6 nitrogen and oxygen atoms in total. The van der Waals surface area contributed by atoms with Gasteiger partial charge in [0.2, 0.25) is 5.13 Å². The first-order chi connectivity index (χ1) is 11.9. The molecule has 0 radical (unpaired) electrons. The molecule has 2 aromatic rings. The van der Waals surface area contributed by atoms with Gasteiger partial charge >= 0.3 is 5.97 Å². The maximum absolute atomic E-state index is 12.2. The smallest absolute Gasteiger partial charge is 0.319 e. The highest BCUT2D eigenvalue weighted by atomic mass is 35.5. The molecule has 0 fully saturated rings. The lowest BCUT2D eigenvalue weighted by atomic mass is 10.2. The molecule has 0 saturated carbocycles. The number of ether oxygens (including phenoxy) is 1. The van der Waals surface area contributed by atoms with E-state index in [0.29, 0.717) is 27.5 Å². The Morgan fingerprint density at radius 1 is 1.32 bits per heavy atom. The lowest BCUT2D eigenvalue weighted by Gasteiger charge is -2.10. The lowest BCUT2D eigenvalue weighted by Crippen LogP contribution is -2.19. The average Bonchev–Trinajstić information content (AvgIpc) is 2.99. The molecular formula is C15H15Cl2N3O3S2. The van der Waals surface area contributed by atoms with E-state index in [9.17, 15) is 9.59 Å². The van der Waals surface area contributed by atoms with Crippen molar-refractivity contribution in [3.05, 3.63) is 33.8 Å². The van der Waals surface area contributed by atoms with Crippen molar-refractivity contribution in [3.63, 3.8) is 0 Å². The summed E-state index contributed by atoms with van der Waals surface area (Å²) < 4.78 is 5.59. The Bertz CT molecular complexity index is 770. The summed E-state index contributed by atoms with van der Waals surface area (Å²) in [6.45, 7) is 3.98. The van der Waals surface area contributed by atoms with Crippen LogP contribution in [0.25, 0.3) is 0 Å². The van der Waals surface area contributed by atoms with Gasteiger partial charge in [-0.3, -0.25) is 14.9 Å². The van der Waals surface area contributed by atoms with Gasteiger partial charge in [0.15, 0.2) is 4.34 Å². The standard InChI is InChI=1S/C15H15Cl2N3O3S2/c1-3-11(13(22)23-4-2)24-15-20-19-14(25-15)18-12(21)9-6-5-8(16)7-10(9)17/h5-7,11H,3-4H2,1-2H3,(H,18,19,21). The number of carbonyl (C=O) groups is 2. The fourth-order valence-electron chi connectivity index (χ4n) is 1.80. The minimum absolute atomic E-state index is 0.248. The molecule has 25 heavy (non-hydrogen) atoms. The Kier molecular flexibility index (Phi) is 7.49. The van der Waals surface area contributed by atoms with E-state index in [2.05, 4.69) is 15.5 Å². The number of anilines is 1. The van der Waals surface area contributed by atoms with E-state index < -0.39 is 5.91 Å². The molecule has 1 atom stereocenters. The van der Waals surface area contributed by atoms with Crippen LogP contribution in [0.5, 0.6) is 0 Å². The second-order valence-electron chi connectivity index (χ2n) is 4.72. The summed E-state index contributed by atoms with van der Waals surface area (Å²) in [7, 11) is 0. The molecule has 1 aromatic heterocycles.